The van der Waals surface area contributed by atoms with Crippen LogP contribution in [0.3, 0.4) is 0 Å². The van der Waals surface area contributed by atoms with Gasteiger partial charge >= 0.3 is 5.97 Å². The zero-order valence-electron chi connectivity index (χ0n) is 18.7. The van der Waals surface area contributed by atoms with E-state index in [1.807, 2.05) is 36.5 Å². The van der Waals surface area contributed by atoms with E-state index in [9.17, 15) is 4.79 Å². The minimum Gasteiger partial charge on any atom is -0.481 e. The highest BCUT2D eigenvalue weighted by Gasteiger charge is 2.23. The third-order valence-electron chi connectivity index (χ3n) is 5.05. The van der Waals surface area contributed by atoms with E-state index in [1.165, 1.54) is 17.6 Å². The summed E-state index contributed by atoms with van der Waals surface area (Å²) in [4.78, 5) is 11.7. The van der Waals surface area contributed by atoms with E-state index in [0.717, 1.165) is 48.5 Å². The van der Waals surface area contributed by atoms with Gasteiger partial charge < -0.3 is 19.9 Å². The number of aliphatic carboxylic acids is 1. The normalized spacial score (nSPS) is 11.6. The predicted octanol–water partition coefficient (Wildman–Crippen LogP) is 6.69. The first-order valence-corrected chi connectivity index (χ1v) is 11.4. The Labute approximate surface area is 190 Å². The standard InChI is InChI=1S/C25H34N2O3S/c1-25(2,16-10-18-26-20-11-6-4-7-12-20)22-19-21(31-30-3)14-15-23(22)27-17-9-5-8-13-24(28)29/h4,6-7,10-12,14-15,18-19,26-27H,5,8-9,13,16-17H2,1-3H3,(H,28,29)/b18-10+. The molecule has 2 aromatic carbocycles. The lowest BCUT2D eigenvalue weighted by Gasteiger charge is -2.28. The topological polar surface area (TPSA) is 70.6 Å². The summed E-state index contributed by atoms with van der Waals surface area (Å²) in [6, 6.07) is 16.5. The van der Waals surface area contributed by atoms with Gasteiger partial charge in [-0.1, -0.05) is 44.5 Å². The molecular weight excluding hydrogens is 408 g/mol. The molecule has 5 nitrogen and oxygen atoms in total. The first kappa shape index (κ1) is 24.8. The average Bonchev–Trinajstić information content (AvgIpc) is 2.75. The number of unbranched alkanes of at least 4 members (excludes halogenated alkanes) is 2. The molecule has 0 bridgehead atoms. The Morgan fingerprint density at radius 1 is 1.13 bits per heavy atom. The molecule has 0 unspecified atom stereocenters. The SMILES string of the molecule is COSc1ccc(NCCCCCC(=O)O)c(C(C)(C)C/C=C/Nc2ccccc2)c1. The van der Waals surface area contributed by atoms with Gasteiger partial charge in [-0.3, -0.25) is 4.79 Å². The van der Waals surface area contributed by atoms with Gasteiger partial charge in [0.15, 0.2) is 0 Å². The fourth-order valence-corrected chi connectivity index (χ4v) is 3.82. The summed E-state index contributed by atoms with van der Waals surface area (Å²) in [5, 5.41) is 15.6. The number of benzene rings is 2. The lowest BCUT2D eigenvalue weighted by molar-refractivity contribution is -0.137. The van der Waals surface area contributed by atoms with Crippen LogP contribution in [0.25, 0.3) is 0 Å². The highest BCUT2D eigenvalue weighted by molar-refractivity contribution is 7.94. The number of rotatable bonds is 14. The minimum absolute atomic E-state index is 0.0786. The quantitative estimate of drug-likeness (QED) is 0.224. The van der Waals surface area contributed by atoms with Gasteiger partial charge in [-0.15, -0.1) is 0 Å². The van der Waals surface area contributed by atoms with Crippen LogP contribution >= 0.6 is 12.0 Å². The summed E-state index contributed by atoms with van der Waals surface area (Å²) < 4.78 is 5.25. The number of carbonyl (C=O) groups is 1. The molecule has 0 atom stereocenters. The van der Waals surface area contributed by atoms with Crippen molar-refractivity contribution in [2.45, 2.75) is 56.3 Å². The van der Waals surface area contributed by atoms with Gasteiger partial charge in [-0.25, -0.2) is 0 Å². The lowest BCUT2D eigenvalue weighted by Crippen LogP contribution is -2.19. The Bertz CT molecular complexity index is 838. The van der Waals surface area contributed by atoms with E-state index < -0.39 is 5.97 Å². The molecule has 0 amide bonds. The molecule has 3 N–H and O–H groups in total. The monoisotopic (exact) mass is 442 g/mol. The third kappa shape index (κ3) is 9.07. The second-order valence-electron chi connectivity index (χ2n) is 8.09. The van der Waals surface area contributed by atoms with Gasteiger partial charge in [0, 0.05) is 41.3 Å². The molecule has 0 saturated carbocycles. The number of anilines is 2. The zero-order valence-corrected chi connectivity index (χ0v) is 19.5. The second kappa shape index (κ2) is 13.1. The maximum absolute atomic E-state index is 10.6. The van der Waals surface area contributed by atoms with Crippen molar-refractivity contribution < 1.29 is 14.1 Å². The van der Waals surface area contributed by atoms with Gasteiger partial charge in [0.2, 0.25) is 0 Å². The molecule has 0 aliphatic carbocycles. The van der Waals surface area contributed by atoms with E-state index in [-0.39, 0.29) is 11.8 Å². The molecule has 0 heterocycles. The number of nitrogens with one attached hydrogen (secondary N) is 2. The van der Waals surface area contributed by atoms with Crippen molar-refractivity contribution in [1.82, 2.24) is 0 Å². The van der Waals surface area contributed by atoms with Crippen molar-refractivity contribution in [2.24, 2.45) is 0 Å². The number of hydrogen-bond donors (Lipinski definition) is 3. The minimum atomic E-state index is -0.724. The van der Waals surface area contributed by atoms with Crippen LogP contribution in [0.15, 0.2) is 65.7 Å². The molecule has 0 saturated heterocycles. The summed E-state index contributed by atoms with van der Waals surface area (Å²) >= 11 is 1.36. The van der Waals surface area contributed by atoms with Gasteiger partial charge in [-0.2, -0.15) is 0 Å². The summed E-state index contributed by atoms with van der Waals surface area (Å²) in [6.45, 7) is 5.31. The zero-order chi connectivity index (χ0) is 22.5. The molecule has 0 aliphatic rings. The first-order chi connectivity index (χ1) is 14.9. The number of allylic oxidation sites excluding steroid dienone is 1. The Hall–Kier alpha value is -2.44. The molecule has 0 aliphatic heterocycles. The van der Waals surface area contributed by atoms with Crippen LogP contribution < -0.4 is 10.6 Å². The molecule has 2 aromatic rings. The van der Waals surface area contributed by atoms with Gasteiger partial charge in [0.25, 0.3) is 0 Å². The molecule has 0 radical (unpaired) electrons. The molecule has 168 valence electrons. The Balaban J connectivity index is 2.01. The number of carboxylic acid groups (broad SMARTS) is 1. The largest absolute Gasteiger partial charge is 0.481 e. The Morgan fingerprint density at radius 3 is 2.61 bits per heavy atom. The van der Waals surface area contributed by atoms with Crippen LogP contribution in [0.2, 0.25) is 0 Å². The van der Waals surface area contributed by atoms with Crippen LogP contribution in [-0.4, -0.2) is 24.7 Å². The van der Waals surface area contributed by atoms with Crippen LogP contribution in [-0.2, 0) is 14.4 Å². The molecule has 2 rings (SSSR count). The number of hydrogen-bond acceptors (Lipinski definition) is 5. The van der Waals surface area contributed by atoms with Gasteiger partial charge in [0.05, 0.1) is 7.11 Å². The maximum atomic E-state index is 10.6. The Kier molecular flexibility index (Phi) is 10.5. The van der Waals surface area contributed by atoms with Crippen molar-refractivity contribution in [3.05, 3.63) is 66.4 Å². The molecule has 31 heavy (non-hydrogen) atoms. The van der Waals surface area contributed by atoms with E-state index >= 15 is 0 Å². The molecular formula is C25H34N2O3S. The predicted molar refractivity (Wildman–Crippen MR) is 131 cm³/mol. The van der Waals surface area contributed by atoms with Crippen LogP contribution in [0.5, 0.6) is 0 Å². The maximum Gasteiger partial charge on any atom is 0.303 e. The summed E-state index contributed by atoms with van der Waals surface area (Å²) in [5.74, 6) is -0.724. The molecule has 0 spiro atoms. The smallest absolute Gasteiger partial charge is 0.303 e. The highest BCUT2D eigenvalue weighted by Crippen LogP contribution is 2.36. The number of carboxylic acids is 1. The second-order valence-corrected chi connectivity index (χ2v) is 9.06. The first-order valence-electron chi connectivity index (χ1n) is 10.7. The lowest BCUT2D eigenvalue weighted by atomic mass is 9.80. The van der Waals surface area contributed by atoms with Gasteiger partial charge in [0.1, 0.15) is 0 Å². The molecule has 6 heteroatoms. The number of para-hydroxylation sites is 1. The summed E-state index contributed by atoms with van der Waals surface area (Å²) in [5.41, 5.74) is 3.35. The third-order valence-corrected chi connectivity index (χ3v) is 5.67. The van der Waals surface area contributed by atoms with Crippen molar-refractivity contribution in [3.63, 3.8) is 0 Å². The van der Waals surface area contributed by atoms with Crippen molar-refractivity contribution >= 4 is 29.4 Å². The average molecular weight is 443 g/mol. The van der Waals surface area contributed by atoms with Crippen LogP contribution in [0.1, 0.15) is 51.5 Å². The van der Waals surface area contributed by atoms with Crippen LogP contribution in [0, 0.1) is 0 Å². The van der Waals surface area contributed by atoms with E-state index in [0.29, 0.717) is 0 Å². The summed E-state index contributed by atoms with van der Waals surface area (Å²) in [6.07, 6.45) is 7.86. The van der Waals surface area contributed by atoms with Crippen molar-refractivity contribution in [2.75, 3.05) is 24.3 Å². The fraction of sp³-hybridized carbons (Fsp3) is 0.400. The fourth-order valence-electron chi connectivity index (χ4n) is 3.34. The Morgan fingerprint density at radius 2 is 1.90 bits per heavy atom. The van der Waals surface area contributed by atoms with E-state index in [1.54, 1.807) is 7.11 Å². The van der Waals surface area contributed by atoms with Crippen LogP contribution in [0.4, 0.5) is 11.4 Å². The molecule has 0 fully saturated rings. The van der Waals surface area contributed by atoms with E-state index in [2.05, 4.69) is 48.8 Å². The van der Waals surface area contributed by atoms with Gasteiger partial charge in [-0.05, 0) is 66.8 Å². The molecule has 0 aromatic heterocycles. The summed E-state index contributed by atoms with van der Waals surface area (Å²) in [7, 11) is 1.68. The van der Waals surface area contributed by atoms with Crippen molar-refractivity contribution in [3.8, 4) is 0 Å². The van der Waals surface area contributed by atoms with Crippen molar-refractivity contribution in [1.29, 1.82) is 0 Å². The highest BCUT2D eigenvalue weighted by atomic mass is 32.2. The van der Waals surface area contributed by atoms with E-state index in [4.69, 9.17) is 9.29 Å².